The normalized spacial score (nSPS) is 14.5. The summed E-state index contributed by atoms with van der Waals surface area (Å²) in [6, 6.07) is 6.30. The van der Waals surface area contributed by atoms with Crippen LogP contribution in [0.25, 0.3) is 0 Å². The maximum Gasteiger partial charge on any atom is 0.187 e. The molecule has 0 aromatic carbocycles. The molecule has 3 heterocycles. The van der Waals surface area contributed by atoms with Crippen LogP contribution in [0.4, 0.5) is 4.39 Å². The van der Waals surface area contributed by atoms with Gasteiger partial charge in [-0.1, -0.05) is 0 Å². The number of halogens is 1. The summed E-state index contributed by atoms with van der Waals surface area (Å²) in [5.41, 5.74) is 1.61. The summed E-state index contributed by atoms with van der Waals surface area (Å²) in [5, 5.41) is 0. The highest BCUT2D eigenvalue weighted by molar-refractivity contribution is 8.00. The van der Waals surface area contributed by atoms with Crippen LogP contribution < -0.4 is 4.74 Å². The minimum Gasteiger partial charge on any atom is -0.489 e. The molecule has 0 bridgehead atoms. The summed E-state index contributed by atoms with van der Waals surface area (Å²) in [7, 11) is 0. The van der Waals surface area contributed by atoms with Crippen LogP contribution in [-0.2, 0) is 6.42 Å². The number of hydrogen-bond donors (Lipinski definition) is 0. The van der Waals surface area contributed by atoms with Gasteiger partial charge < -0.3 is 4.74 Å². The first-order valence-electron chi connectivity index (χ1n) is 6.97. The molecule has 6 heteroatoms. The number of thioether (sulfide) groups is 1. The second kappa shape index (κ2) is 6.44. The molecule has 0 atom stereocenters. The summed E-state index contributed by atoms with van der Waals surface area (Å²) < 4.78 is 18.6. The van der Waals surface area contributed by atoms with E-state index in [-0.39, 0.29) is 18.3 Å². The number of ether oxygens (including phenoxy) is 1. The predicted molar refractivity (Wildman–Crippen MR) is 82.9 cm³/mol. The maximum atomic E-state index is 12.8. The minimum atomic E-state index is -0.418. The van der Waals surface area contributed by atoms with Crippen LogP contribution in [0.5, 0.6) is 5.75 Å². The third kappa shape index (κ3) is 3.62. The molecule has 1 aliphatic rings. The molecule has 1 aliphatic heterocycles. The van der Waals surface area contributed by atoms with E-state index >= 15 is 0 Å². The largest absolute Gasteiger partial charge is 0.489 e. The molecule has 114 valence electrons. The topological polar surface area (TPSA) is 52.1 Å². The lowest BCUT2D eigenvalue weighted by Crippen LogP contribution is -2.31. The van der Waals surface area contributed by atoms with Crippen molar-refractivity contribution in [2.24, 2.45) is 0 Å². The van der Waals surface area contributed by atoms with E-state index in [0.29, 0.717) is 17.1 Å². The van der Waals surface area contributed by atoms with Crippen molar-refractivity contribution in [2.75, 3.05) is 11.5 Å². The average Bonchev–Trinajstić information content (AvgIpc) is 2.45. The van der Waals surface area contributed by atoms with Gasteiger partial charge in [-0.2, -0.15) is 11.8 Å². The van der Waals surface area contributed by atoms with E-state index in [4.69, 9.17) is 4.74 Å². The molecule has 0 radical (unpaired) electrons. The van der Waals surface area contributed by atoms with Gasteiger partial charge in [-0.15, -0.1) is 0 Å². The Hall–Kier alpha value is -1.95. The van der Waals surface area contributed by atoms with Crippen molar-refractivity contribution in [2.45, 2.75) is 19.4 Å². The van der Waals surface area contributed by atoms with E-state index in [2.05, 4.69) is 9.97 Å². The zero-order valence-corrected chi connectivity index (χ0v) is 12.9. The number of nitrogens with zero attached hydrogens (tertiary/aromatic N) is 2. The van der Waals surface area contributed by atoms with Gasteiger partial charge in [-0.3, -0.25) is 9.78 Å². The molecular formula is C16H15FN2O2S. The second-order valence-electron chi connectivity index (χ2n) is 5.17. The quantitative estimate of drug-likeness (QED) is 0.794. The highest BCUT2D eigenvalue weighted by atomic mass is 32.2. The summed E-state index contributed by atoms with van der Waals surface area (Å²) in [4.78, 5) is 20.5. The Bertz CT molecular complexity index is 687. The van der Waals surface area contributed by atoms with E-state index in [0.717, 1.165) is 23.4 Å². The number of ketones is 1. The number of Topliss-reactive ketones (excluding diaryl/α,β-unsaturated/α-hetero) is 1. The van der Waals surface area contributed by atoms with Crippen molar-refractivity contribution in [3.8, 4) is 5.75 Å². The second-order valence-corrected chi connectivity index (χ2v) is 6.25. The molecule has 0 aliphatic carbocycles. The molecule has 2 aromatic rings. The van der Waals surface area contributed by atoms with E-state index in [1.807, 2.05) is 24.8 Å². The van der Waals surface area contributed by atoms with Gasteiger partial charge in [-0.25, -0.2) is 9.37 Å². The Kier molecular flexibility index (Phi) is 4.38. The first-order chi connectivity index (χ1) is 10.6. The molecule has 1 fully saturated rings. The molecule has 4 nitrogen and oxygen atoms in total. The van der Waals surface area contributed by atoms with Crippen LogP contribution in [0, 0.1) is 12.7 Å². The van der Waals surface area contributed by atoms with Crippen molar-refractivity contribution < 1.29 is 13.9 Å². The van der Waals surface area contributed by atoms with Crippen molar-refractivity contribution >= 4 is 17.5 Å². The zero-order chi connectivity index (χ0) is 15.5. The SMILES string of the molecule is Cc1cc(OC2CSC2)cc(C(=O)Cc2ccc(F)cn2)n1. The summed E-state index contributed by atoms with van der Waals surface area (Å²) in [6.45, 7) is 1.83. The molecule has 3 rings (SSSR count). The van der Waals surface area contributed by atoms with Gasteiger partial charge in [-0.05, 0) is 19.1 Å². The van der Waals surface area contributed by atoms with E-state index in [1.165, 1.54) is 12.1 Å². The standard InChI is InChI=1S/C16H15FN2O2S/c1-10-4-13(21-14-8-22-9-14)6-15(19-10)16(20)5-12-3-2-11(17)7-18-12/h2-4,6-7,14H,5,8-9H2,1H3. The fourth-order valence-electron chi connectivity index (χ4n) is 2.09. The smallest absolute Gasteiger partial charge is 0.187 e. The van der Waals surface area contributed by atoms with E-state index in [1.54, 1.807) is 6.07 Å². The van der Waals surface area contributed by atoms with Crippen LogP contribution in [-0.4, -0.2) is 33.4 Å². The predicted octanol–water partition coefficient (Wildman–Crippen LogP) is 2.84. The summed E-state index contributed by atoms with van der Waals surface area (Å²) in [6.07, 6.45) is 1.42. The van der Waals surface area contributed by atoms with Gasteiger partial charge in [0.1, 0.15) is 23.4 Å². The highest BCUT2D eigenvalue weighted by Crippen LogP contribution is 2.25. The lowest BCUT2D eigenvalue weighted by atomic mass is 10.1. The summed E-state index contributed by atoms with van der Waals surface area (Å²) in [5.74, 6) is 2.05. The summed E-state index contributed by atoms with van der Waals surface area (Å²) >= 11 is 1.84. The van der Waals surface area contributed by atoms with Gasteiger partial charge in [0, 0.05) is 35.0 Å². The zero-order valence-electron chi connectivity index (χ0n) is 12.1. The molecule has 1 saturated heterocycles. The van der Waals surface area contributed by atoms with Crippen molar-refractivity contribution in [3.05, 3.63) is 53.4 Å². The van der Waals surface area contributed by atoms with Gasteiger partial charge in [0.25, 0.3) is 0 Å². The average molecular weight is 318 g/mol. The third-order valence-corrected chi connectivity index (χ3v) is 4.47. The molecule has 0 spiro atoms. The number of carbonyl (C=O) groups is 1. The van der Waals surface area contributed by atoms with Crippen LogP contribution in [0.1, 0.15) is 21.9 Å². The first kappa shape index (κ1) is 15.0. The molecule has 0 unspecified atom stereocenters. The maximum absolute atomic E-state index is 12.8. The van der Waals surface area contributed by atoms with E-state index in [9.17, 15) is 9.18 Å². The van der Waals surface area contributed by atoms with Gasteiger partial charge >= 0.3 is 0 Å². The van der Waals surface area contributed by atoms with E-state index < -0.39 is 5.82 Å². The van der Waals surface area contributed by atoms with Crippen LogP contribution in [0.2, 0.25) is 0 Å². The van der Waals surface area contributed by atoms with Crippen LogP contribution >= 0.6 is 11.8 Å². The molecule has 0 amide bonds. The van der Waals surface area contributed by atoms with Crippen molar-refractivity contribution in [3.63, 3.8) is 0 Å². The lowest BCUT2D eigenvalue weighted by molar-refractivity contribution is 0.0986. The van der Waals surface area contributed by atoms with Crippen LogP contribution in [0.3, 0.4) is 0 Å². The number of aromatic nitrogens is 2. The fraction of sp³-hybridized carbons (Fsp3) is 0.312. The third-order valence-electron chi connectivity index (χ3n) is 3.25. The lowest BCUT2D eigenvalue weighted by Gasteiger charge is -2.26. The number of rotatable bonds is 5. The molecular weight excluding hydrogens is 303 g/mol. The molecule has 22 heavy (non-hydrogen) atoms. The Morgan fingerprint density at radius 1 is 1.41 bits per heavy atom. The molecule has 0 saturated carbocycles. The Balaban J connectivity index is 1.74. The van der Waals surface area contributed by atoms with Crippen molar-refractivity contribution in [1.29, 1.82) is 0 Å². The monoisotopic (exact) mass is 318 g/mol. The van der Waals surface area contributed by atoms with Gasteiger partial charge in [0.2, 0.25) is 0 Å². The molecule has 0 N–H and O–H groups in total. The van der Waals surface area contributed by atoms with Gasteiger partial charge in [0.05, 0.1) is 12.6 Å². The van der Waals surface area contributed by atoms with Gasteiger partial charge in [0.15, 0.2) is 5.78 Å². The number of hydrogen-bond acceptors (Lipinski definition) is 5. The van der Waals surface area contributed by atoms with Crippen LogP contribution in [0.15, 0.2) is 30.5 Å². The Morgan fingerprint density at radius 2 is 2.23 bits per heavy atom. The molecule has 2 aromatic heterocycles. The fourth-order valence-corrected chi connectivity index (χ4v) is 2.65. The van der Waals surface area contributed by atoms with Crippen molar-refractivity contribution in [1.82, 2.24) is 9.97 Å². The highest BCUT2D eigenvalue weighted by Gasteiger charge is 2.21. The Labute approximate surface area is 132 Å². The minimum absolute atomic E-state index is 0.0927. The first-order valence-corrected chi connectivity index (χ1v) is 8.12. The number of carbonyl (C=O) groups excluding carboxylic acids is 1. The number of aryl methyl sites for hydroxylation is 1. The number of pyridine rings is 2. The Morgan fingerprint density at radius 3 is 2.86 bits per heavy atom.